The van der Waals surface area contributed by atoms with E-state index in [1.54, 1.807) is 18.7 Å². The minimum absolute atomic E-state index is 0.365. The van der Waals surface area contributed by atoms with Gasteiger partial charge in [0.15, 0.2) is 0 Å². The van der Waals surface area contributed by atoms with Gasteiger partial charge in [-0.25, -0.2) is 0 Å². The molecule has 19 heavy (non-hydrogen) atoms. The summed E-state index contributed by atoms with van der Waals surface area (Å²) >= 11 is 1.61. The Labute approximate surface area is 122 Å². The van der Waals surface area contributed by atoms with Crippen LogP contribution in [0.2, 0.25) is 0 Å². The lowest BCUT2D eigenvalue weighted by atomic mass is 10.1. The lowest BCUT2D eigenvalue weighted by Crippen LogP contribution is -2.43. The highest BCUT2D eigenvalue weighted by Gasteiger charge is 2.19. The summed E-state index contributed by atoms with van der Waals surface area (Å²) in [6, 6.07) is 0. The van der Waals surface area contributed by atoms with Crippen LogP contribution in [0.15, 0.2) is 0 Å². The zero-order chi connectivity index (χ0) is 14.6. The number of ether oxygens (including phenoxy) is 1. The molecule has 0 aromatic carbocycles. The van der Waals surface area contributed by atoms with Crippen LogP contribution in [0.25, 0.3) is 0 Å². The van der Waals surface area contributed by atoms with E-state index in [9.17, 15) is 10.2 Å². The standard InChI is InChI=1S/C14H31NO3S/c1-4-5-6-7-8-18-10-13(16)9-15-11-14(2,17)12-19-3/h13,15-17H,4-12H2,1-3H3. The Kier molecular flexibility index (Phi) is 12.1. The Morgan fingerprint density at radius 2 is 2.05 bits per heavy atom. The second kappa shape index (κ2) is 12.0. The maximum absolute atomic E-state index is 9.93. The fraction of sp³-hybridized carbons (Fsp3) is 1.00. The molecule has 2 unspecified atom stereocenters. The summed E-state index contributed by atoms with van der Waals surface area (Å²) in [5.74, 6) is 0.685. The maximum Gasteiger partial charge on any atom is 0.0897 e. The lowest BCUT2D eigenvalue weighted by Gasteiger charge is -2.23. The monoisotopic (exact) mass is 293 g/mol. The third-order valence-electron chi connectivity index (χ3n) is 2.79. The van der Waals surface area contributed by atoms with Gasteiger partial charge in [-0.2, -0.15) is 11.8 Å². The first-order valence-corrected chi connectivity index (χ1v) is 8.59. The summed E-state index contributed by atoms with van der Waals surface area (Å²) in [4.78, 5) is 0. The van der Waals surface area contributed by atoms with E-state index in [4.69, 9.17) is 4.74 Å². The van der Waals surface area contributed by atoms with Crippen molar-refractivity contribution in [1.29, 1.82) is 0 Å². The molecular weight excluding hydrogens is 262 g/mol. The normalized spacial score (nSPS) is 16.3. The van der Waals surface area contributed by atoms with Crippen LogP contribution in [0, 0.1) is 0 Å². The van der Waals surface area contributed by atoms with E-state index in [1.165, 1.54) is 19.3 Å². The third-order valence-corrected chi connectivity index (χ3v) is 3.70. The Morgan fingerprint density at radius 1 is 1.32 bits per heavy atom. The van der Waals surface area contributed by atoms with Crippen LogP contribution in [0.4, 0.5) is 0 Å². The van der Waals surface area contributed by atoms with E-state index in [0.717, 1.165) is 13.0 Å². The van der Waals surface area contributed by atoms with E-state index in [-0.39, 0.29) is 0 Å². The molecule has 3 N–H and O–H groups in total. The molecule has 0 saturated heterocycles. The average molecular weight is 293 g/mol. The number of rotatable bonds is 13. The molecule has 2 atom stereocenters. The highest BCUT2D eigenvalue weighted by molar-refractivity contribution is 7.98. The predicted molar refractivity (Wildman–Crippen MR) is 82.8 cm³/mol. The lowest BCUT2D eigenvalue weighted by molar-refractivity contribution is 0.0297. The van der Waals surface area contributed by atoms with E-state index >= 15 is 0 Å². The molecule has 0 rings (SSSR count). The molecular formula is C14H31NO3S. The number of unbranched alkanes of at least 4 members (excludes halogenated alkanes) is 3. The first kappa shape index (κ1) is 19.2. The second-order valence-corrected chi connectivity index (χ2v) is 6.22. The minimum Gasteiger partial charge on any atom is -0.389 e. The van der Waals surface area contributed by atoms with Gasteiger partial charge in [0.25, 0.3) is 0 Å². The molecule has 0 aliphatic rings. The summed E-state index contributed by atoms with van der Waals surface area (Å²) in [7, 11) is 0. The maximum atomic E-state index is 9.93. The summed E-state index contributed by atoms with van der Waals surface area (Å²) in [6.07, 6.45) is 6.20. The van der Waals surface area contributed by atoms with Gasteiger partial charge in [0, 0.05) is 25.4 Å². The molecule has 0 heterocycles. The highest BCUT2D eigenvalue weighted by Crippen LogP contribution is 2.08. The Morgan fingerprint density at radius 3 is 2.68 bits per heavy atom. The Bertz CT molecular complexity index is 203. The first-order chi connectivity index (χ1) is 9.02. The smallest absolute Gasteiger partial charge is 0.0897 e. The minimum atomic E-state index is -0.722. The van der Waals surface area contributed by atoms with Crippen LogP contribution in [0.1, 0.15) is 39.5 Å². The zero-order valence-corrected chi connectivity index (χ0v) is 13.5. The third kappa shape index (κ3) is 12.9. The summed E-state index contributed by atoms with van der Waals surface area (Å²) in [5.41, 5.74) is -0.722. The van der Waals surface area contributed by atoms with Gasteiger partial charge >= 0.3 is 0 Å². The van der Waals surface area contributed by atoms with Gasteiger partial charge in [0.1, 0.15) is 0 Å². The second-order valence-electron chi connectivity index (χ2n) is 5.35. The number of hydrogen-bond donors (Lipinski definition) is 3. The first-order valence-electron chi connectivity index (χ1n) is 7.19. The van der Waals surface area contributed by atoms with Crippen molar-refractivity contribution in [1.82, 2.24) is 5.32 Å². The Hall–Kier alpha value is 0.190. The summed E-state index contributed by atoms with van der Waals surface area (Å²) < 4.78 is 5.42. The van der Waals surface area contributed by atoms with Crippen LogP contribution in [-0.4, -0.2) is 60.2 Å². The van der Waals surface area contributed by atoms with Gasteiger partial charge in [-0.1, -0.05) is 26.2 Å². The Balaban J connectivity index is 3.41. The van der Waals surface area contributed by atoms with E-state index in [2.05, 4.69) is 12.2 Å². The van der Waals surface area contributed by atoms with Gasteiger partial charge in [-0.3, -0.25) is 0 Å². The summed E-state index contributed by atoms with van der Waals surface area (Å²) in [6.45, 7) is 6.02. The van der Waals surface area contributed by atoms with Crippen molar-refractivity contribution in [3.8, 4) is 0 Å². The van der Waals surface area contributed by atoms with Crippen LogP contribution < -0.4 is 5.32 Å². The fourth-order valence-electron chi connectivity index (χ4n) is 1.78. The summed E-state index contributed by atoms with van der Waals surface area (Å²) in [5, 5.41) is 22.7. The van der Waals surface area contributed by atoms with E-state index in [1.807, 2.05) is 6.26 Å². The van der Waals surface area contributed by atoms with Gasteiger partial charge in [-0.05, 0) is 19.6 Å². The molecule has 4 nitrogen and oxygen atoms in total. The molecule has 5 heteroatoms. The number of aliphatic hydroxyl groups excluding tert-OH is 1. The predicted octanol–water partition coefficient (Wildman–Crippen LogP) is 1.65. The largest absolute Gasteiger partial charge is 0.389 e. The van der Waals surface area contributed by atoms with Crippen molar-refractivity contribution in [2.45, 2.75) is 51.2 Å². The number of nitrogens with one attached hydrogen (secondary N) is 1. The van der Waals surface area contributed by atoms with E-state index in [0.29, 0.717) is 25.4 Å². The zero-order valence-electron chi connectivity index (χ0n) is 12.7. The van der Waals surface area contributed by atoms with Crippen LogP contribution in [-0.2, 0) is 4.74 Å². The molecule has 0 saturated carbocycles. The van der Waals surface area contributed by atoms with E-state index < -0.39 is 11.7 Å². The number of hydrogen-bond acceptors (Lipinski definition) is 5. The van der Waals surface area contributed by atoms with Crippen molar-refractivity contribution in [3.63, 3.8) is 0 Å². The van der Waals surface area contributed by atoms with Crippen molar-refractivity contribution >= 4 is 11.8 Å². The molecule has 0 radical (unpaired) electrons. The van der Waals surface area contributed by atoms with Crippen molar-refractivity contribution in [2.24, 2.45) is 0 Å². The van der Waals surface area contributed by atoms with Gasteiger partial charge in [0.05, 0.1) is 18.3 Å². The van der Waals surface area contributed by atoms with Crippen molar-refractivity contribution < 1.29 is 14.9 Å². The van der Waals surface area contributed by atoms with Crippen molar-refractivity contribution in [3.05, 3.63) is 0 Å². The quantitative estimate of drug-likeness (QED) is 0.451. The molecule has 0 aromatic rings. The van der Waals surface area contributed by atoms with Crippen LogP contribution >= 0.6 is 11.8 Å². The molecule has 0 bridgehead atoms. The average Bonchev–Trinajstić information content (AvgIpc) is 2.33. The molecule has 0 aromatic heterocycles. The molecule has 0 aliphatic carbocycles. The number of thioether (sulfide) groups is 1. The molecule has 0 spiro atoms. The highest BCUT2D eigenvalue weighted by atomic mass is 32.2. The topological polar surface area (TPSA) is 61.7 Å². The van der Waals surface area contributed by atoms with Crippen LogP contribution in [0.5, 0.6) is 0 Å². The van der Waals surface area contributed by atoms with Crippen LogP contribution in [0.3, 0.4) is 0 Å². The molecule has 0 amide bonds. The number of aliphatic hydroxyl groups is 2. The molecule has 0 fully saturated rings. The van der Waals surface area contributed by atoms with Crippen molar-refractivity contribution in [2.75, 3.05) is 38.3 Å². The van der Waals surface area contributed by atoms with Gasteiger partial charge in [-0.15, -0.1) is 0 Å². The molecule has 0 aliphatic heterocycles. The van der Waals surface area contributed by atoms with Gasteiger partial charge < -0.3 is 20.3 Å². The molecule has 116 valence electrons. The SMILES string of the molecule is CCCCCCOCC(O)CNCC(C)(O)CSC. The fourth-order valence-corrected chi connectivity index (χ4v) is 2.50. The van der Waals surface area contributed by atoms with Gasteiger partial charge in [0.2, 0.25) is 0 Å².